The number of rotatable bonds is 7. The maximum atomic E-state index is 13.5. The van der Waals surface area contributed by atoms with Gasteiger partial charge in [-0.2, -0.15) is 5.10 Å². The molecule has 2 heterocycles. The van der Waals surface area contributed by atoms with E-state index in [-0.39, 0.29) is 40.0 Å². The third-order valence-electron chi connectivity index (χ3n) is 5.42. The van der Waals surface area contributed by atoms with E-state index in [0.29, 0.717) is 10.6 Å². The Morgan fingerprint density at radius 3 is 2.41 bits per heavy atom. The van der Waals surface area contributed by atoms with Crippen molar-refractivity contribution in [2.24, 2.45) is 0 Å². The van der Waals surface area contributed by atoms with Crippen LogP contribution in [0.3, 0.4) is 0 Å². The highest BCUT2D eigenvalue weighted by atomic mass is 35.5. The molecule has 4 aromatic rings. The maximum Gasteiger partial charge on any atom is 0.274 e. The predicted octanol–water partition coefficient (Wildman–Crippen LogP) is 4.42. The van der Waals surface area contributed by atoms with Crippen LogP contribution in [0.5, 0.6) is 0 Å². The molecule has 11 heteroatoms. The predicted molar refractivity (Wildman–Crippen MR) is 142 cm³/mol. The van der Waals surface area contributed by atoms with Crippen LogP contribution in [-0.2, 0) is 6.54 Å². The molecule has 4 rings (SSSR count). The quantitative estimate of drug-likeness (QED) is 0.323. The van der Waals surface area contributed by atoms with Crippen LogP contribution >= 0.6 is 23.2 Å². The van der Waals surface area contributed by atoms with Crippen LogP contribution in [0.25, 0.3) is 5.82 Å². The summed E-state index contributed by atoms with van der Waals surface area (Å²) in [6, 6.07) is 17.0. The van der Waals surface area contributed by atoms with Gasteiger partial charge in [0.1, 0.15) is 5.69 Å². The van der Waals surface area contributed by atoms with E-state index in [1.807, 2.05) is 30.3 Å². The molecule has 3 N–H and O–H groups in total. The fourth-order valence-corrected chi connectivity index (χ4v) is 4.09. The molecule has 0 aliphatic carbocycles. The van der Waals surface area contributed by atoms with Gasteiger partial charge in [0, 0.05) is 30.9 Å². The van der Waals surface area contributed by atoms with Crippen LogP contribution in [0.1, 0.15) is 42.5 Å². The standard InChI is InChI=1S/C26H22Cl2N6O3/c1-15-11-17(27)12-18(24(35)29-2)22(15)32-26(37)21-13-20(25(36)31-14-16-7-4-3-5-8-16)33-34(21)23-19(28)9-6-10-30-23/h3-13H,14H2,1-2H3,(H,29,35)(H,31,36)(H,32,37). The summed E-state index contributed by atoms with van der Waals surface area (Å²) in [6.07, 6.45) is 1.49. The largest absolute Gasteiger partial charge is 0.355 e. The number of amides is 3. The van der Waals surface area contributed by atoms with Crippen LogP contribution in [0, 0.1) is 6.92 Å². The van der Waals surface area contributed by atoms with Crippen molar-refractivity contribution >= 4 is 46.6 Å². The van der Waals surface area contributed by atoms with E-state index >= 15 is 0 Å². The van der Waals surface area contributed by atoms with Crippen LogP contribution < -0.4 is 16.0 Å². The van der Waals surface area contributed by atoms with Gasteiger partial charge < -0.3 is 16.0 Å². The summed E-state index contributed by atoms with van der Waals surface area (Å²) < 4.78 is 1.19. The van der Waals surface area contributed by atoms with Crippen molar-refractivity contribution in [3.63, 3.8) is 0 Å². The number of halogens is 2. The van der Waals surface area contributed by atoms with Crippen molar-refractivity contribution in [1.82, 2.24) is 25.4 Å². The van der Waals surface area contributed by atoms with Gasteiger partial charge in [0.15, 0.2) is 11.5 Å². The van der Waals surface area contributed by atoms with Gasteiger partial charge in [0.2, 0.25) is 0 Å². The molecule has 9 nitrogen and oxygen atoms in total. The van der Waals surface area contributed by atoms with E-state index in [1.165, 1.54) is 30.1 Å². The third-order valence-corrected chi connectivity index (χ3v) is 5.93. The second-order valence-electron chi connectivity index (χ2n) is 7.98. The number of aromatic nitrogens is 3. The summed E-state index contributed by atoms with van der Waals surface area (Å²) in [4.78, 5) is 43.1. The monoisotopic (exact) mass is 536 g/mol. The first-order valence-electron chi connectivity index (χ1n) is 11.1. The minimum Gasteiger partial charge on any atom is -0.355 e. The van der Waals surface area contributed by atoms with Crippen molar-refractivity contribution in [1.29, 1.82) is 0 Å². The van der Waals surface area contributed by atoms with Gasteiger partial charge in [-0.3, -0.25) is 14.4 Å². The first-order valence-corrected chi connectivity index (χ1v) is 11.9. The molecular formula is C26H22Cl2N6O3. The van der Waals surface area contributed by atoms with Crippen LogP contribution in [0.2, 0.25) is 10.0 Å². The van der Waals surface area contributed by atoms with Gasteiger partial charge in [-0.1, -0.05) is 53.5 Å². The lowest BCUT2D eigenvalue weighted by Gasteiger charge is -2.14. The van der Waals surface area contributed by atoms with Crippen molar-refractivity contribution < 1.29 is 14.4 Å². The molecule has 0 saturated carbocycles. The summed E-state index contributed by atoms with van der Waals surface area (Å²) in [5.41, 5.74) is 1.90. The number of carbonyl (C=O) groups excluding carboxylic acids is 3. The van der Waals surface area contributed by atoms with E-state index in [9.17, 15) is 14.4 Å². The Hall–Kier alpha value is -4.21. The molecule has 0 aliphatic rings. The molecule has 0 saturated heterocycles. The van der Waals surface area contributed by atoms with Gasteiger partial charge in [0.05, 0.1) is 16.3 Å². The second-order valence-corrected chi connectivity index (χ2v) is 8.83. The fraction of sp³-hybridized carbons (Fsp3) is 0.115. The molecule has 2 aromatic carbocycles. The van der Waals surface area contributed by atoms with E-state index in [2.05, 4.69) is 26.0 Å². The highest BCUT2D eigenvalue weighted by molar-refractivity contribution is 6.32. The molecule has 2 aromatic heterocycles. The van der Waals surface area contributed by atoms with E-state index < -0.39 is 17.7 Å². The van der Waals surface area contributed by atoms with Gasteiger partial charge in [-0.05, 0) is 42.3 Å². The Labute approximate surface area is 222 Å². The van der Waals surface area contributed by atoms with Crippen LogP contribution in [-0.4, -0.2) is 39.5 Å². The Morgan fingerprint density at radius 2 is 1.70 bits per heavy atom. The number of hydrogen-bond acceptors (Lipinski definition) is 5. The molecule has 3 amide bonds. The lowest BCUT2D eigenvalue weighted by Crippen LogP contribution is -2.23. The summed E-state index contributed by atoms with van der Waals surface area (Å²) in [6.45, 7) is 1.99. The number of anilines is 1. The molecular weight excluding hydrogens is 515 g/mol. The SMILES string of the molecule is CNC(=O)c1cc(Cl)cc(C)c1NC(=O)c1cc(C(=O)NCc2ccccc2)nn1-c1ncccc1Cl. The number of hydrogen-bond donors (Lipinski definition) is 3. The van der Waals surface area contributed by atoms with Crippen molar-refractivity contribution in [2.45, 2.75) is 13.5 Å². The summed E-state index contributed by atoms with van der Waals surface area (Å²) in [7, 11) is 1.47. The van der Waals surface area contributed by atoms with Gasteiger partial charge >= 0.3 is 0 Å². The van der Waals surface area contributed by atoms with Gasteiger partial charge in [-0.15, -0.1) is 0 Å². The number of aryl methyl sites for hydroxylation is 1. The van der Waals surface area contributed by atoms with Crippen molar-refractivity contribution in [3.05, 3.63) is 105 Å². The minimum atomic E-state index is -0.632. The van der Waals surface area contributed by atoms with Gasteiger partial charge in [0.25, 0.3) is 17.7 Å². The smallest absolute Gasteiger partial charge is 0.274 e. The van der Waals surface area contributed by atoms with E-state index in [1.54, 1.807) is 25.1 Å². The highest BCUT2D eigenvalue weighted by Crippen LogP contribution is 2.27. The molecule has 37 heavy (non-hydrogen) atoms. The molecule has 0 radical (unpaired) electrons. The fourth-order valence-electron chi connectivity index (χ4n) is 3.62. The lowest BCUT2D eigenvalue weighted by atomic mass is 10.1. The Morgan fingerprint density at radius 1 is 0.946 bits per heavy atom. The first kappa shape index (κ1) is 25.9. The third kappa shape index (κ3) is 5.79. The zero-order valence-electron chi connectivity index (χ0n) is 19.9. The first-order chi connectivity index (χ1) is 17.8. The number of nitrogens with one attached hydrogen (secondary N) is 3. The molecule has 188 valence electrons. The zero-order chi connectivity index (χ0) is 26.5. The van der Waals surface area contributed by atoms with Crippen LogP contribution in [0.15, 0.2) is 66.9 Å². The van der Waals surface area contributed by atoms with E-state index in [0.717, 1.165) is 5.56 Å². The van der Waals surface area contributed by atoms with Gasteiger partial charge in [-0.25, -0.2) is 9.67 Å². The summed E-state index contributed by atoms with van der Waals surface area (Å²) in [5.74, 6) is -1.39. The summed E-state index contributed by atoms with van der Waals surface area (Å²) >= 11 is 12.5. The zero-order valence-corrected chi connectivity index (χ0v) is 21.4. The van der Waals surface area contributed by atoms with E-state index in [4.69, 9.17) is 23.2 Å². The number of nitrogens with zero attached hydrogens (tertiary/aromatic N) is 3. The topological polar surface area (TPSA) is 118 Å². The van der Waals surface area contributed by atoms with Crippen molar-refractivity contribution in [3.8, 4) is 5.82 Å². The second kappa shape index (κ2) is 11.2. The number of carbonyl (C=O) groups is 3. The average Bonchev–Trinajstić information content (AvgIpc) is 3.34. The Bertz CT molecular complexity index is 1490. The van der Waals surface area contributed by atoms with Crippen molar-refractivity contribution in [2.75, 3.05) is 12.4 Å². The number of pyridine rings is 1. The minimum absolute atomic E-state index is 0.0114. The normalized spacial score (nSPS) is 10.6. The Kier molecular flexibility index (Phi) is 7.86. The number of benzene rings is 2. The molecule has 0 spiro atoms. The van der Waals surface area contributed by atoms with Crippen LogP contribution in [0.4, 0.5) is 5.69 Å². The lowest BCUT2D eigenvalue weighted by molar-refractivity contribution is 0.0942. The Balaban J connectivity index is 1.71. The molecule has 0 fully saturated rings. The summed E-state index contributed by atoms with van der Waals surface area (Å²) in [5, 5.41) is 13.0. The molecule has 0 unspecified atom stereocenters. The molecule has 0 aliphatic heterocycles. The maximum absolute atomic E-state index is 13.5. The molecule has 0 atom stereocenters. The average molecular weight is 537 g/mol. The highest BCUT2D eigenvalue weighted by Gasteiger charge is 2.24. The molecule has 0 bridgehead atoms.